The van der Waals surface area contributed by atoms with Crippen LogP contribution >= 0.6 is 0 Å². The molecule has 0 fully saturated rings. The standard InChI is InChI=1S/C15H11F4N3/c1-7(20)15-21-14-12(19)5-10(18)6-13(14)22(15)11-3-8(16)2-9(17)4-11/h2-7H,20H2,1H3. The quantitative estimate of drug-likeness (QED) is 0.735. The molecule has 1 aromatic heterocycles. The summed E-state index contributed by atoms with van der Waals surface area (Å²) in [7, 11) is 0. The second-order valence-corrected chi connectivity index (χ2v) is 4.98. The summed E-state index contributed by atoms with van der Waals surface area (Å²) in [5.74, 6) is -3.15. The lowest BCUT2D eigenvalue weighted by atomic mass is 10.2. The molecular formula is C15H11F4N3. The Morgan fingerprint density at radius 3 is 2.14 bits per heavy atom. The number of hydrogen-bond donors (Lipinski definition) is 1. The number of nitrogens with zero attached hydrogens (tertiary/aromatic N) is 2. The van der Waals surface area contributed by atoms with Gasteiger partial charge in [-0.2, -0.15) is 0 Å². The maximum atomic E-state index is 13.9. The predicted octanol–water partition coefficient (Wildman–Crippen LogP) is 3.60. The van der Waals surface area contributed by atoms with Crippen molar-refractivity contribution in [3.05, 3.63) is 59.4 Å². The minimum Gasteiger partial charge on any atom is -0.322 e. The Labute approximate surface area is 123 Å². The molecule has 0 saturated heterocycles. The van der Waals surface area contributed by atoms with E-state index in [1.165, 1.54) is 4.57 Å². The first-order valence-corrected chi connectivity index (χ1v) is 6.46. The van der Waals surface area contributed by atoms with Crippen LogP contribution in [-0.4, -0.2) is 9.55 Å². The molecule has 1 atom stereocenters. The summed E-state index contributed by atoms with van der Waals surface area (Å²) in [5.41, 5.74) is 5.78. The molecule has 3 rings (SSSR count). The molecule has 114 valence electrons. The van der Waals surface area contributed by atoms with Gasteiger partial charge in [0.2, 0.25) is 0 Å². The Kier molecular flexibility index (Phi) is 3.37. The predicted molar refractivity (Wildman–Crippen MR) is 73.5 cm³/mol. The van der Waals surface area contributed by atoms with Crippen molar-refractivity contribution >= 4 is 11.0 Å². The first kappa shape index (κ1) is 14.5. The van der Waals surface area contributed by atoms with E-state index in [1.807, 2.05) is 0 Å². The Hall–Kier alpha value is -2.41. The lowest BCUT2D eigenvalue weighted by molar-refractivity contribution is 0.580. The Balaban J connectivity index is 2.42. The van der Waals surface area contributed by atoms with Crippen LogP contribution in [0.4, 0.5) is 17.6 Å². The molecule has 0 spiro atoms. The average molecular weight is 309 g/mol. The minimum absolute atomic E-state index is 0.0507. The fourth-order valence-electron chi connectivity index (χ4n) is 2.37. The van der Waals surface area contributed by atoms with E-state index in [-0.39, 0.29) is 22.5 Å². The molecule has 0 radical (unpaired) electrons. The second kappa shape index (κ2) is 5.10. The van der Waals surface area contributed by atoms with Gasteiger partial charge in [-0.05, 0) is 19.1 Å². The smallest absolute Gasteiger partial charge is 0.153 e. The maximum Gasteiger partial charge on any atom is 0.153 e. The highest BCUT2D eigenvalue weighted by Gasteiger charge is 2.19. The molecule has 0 saturated carbocycles. The van der Waals surface area contributed by atoms with Crippen LogP contribution < -0.4 is 5.73 Å². The minimum atomic E-state index is -0.868. The summed E-state index contributed by atoms with van der Waals surface area (Å²) in [6.07, 6.45) is 0. The molecule has 2 aromatic carbocycles. The molecule has 1 heterocycles. The summed E-state index contributed by atoms with van der Waals surface area (Å²) in [4.78, 5) is 4.04. The third kappa shape index (κ3) is 2.33. The van der Waals surface area contributed by atoms with Crippen molar-refractivity contribution in [1.82, 2.24) is 9.55 Å². The lowest BCUT2D eigenvalue weighted by Gasteiger charge is -2.12. The Bertz CT molecular complexity index is 851. The molecular weight excluding hydrogens is 298 g/mol. The van der Waals surface area contributed by atoms with Gasteiger partial charge in [-0.15, -0.1) is 0 Å². The number of benzene rings is 2. The molecule has 0 aliphatic heterocycles. The molecule has 7 heteroatoms. The van der Waals surface area contributed by atoms with E-state index in [2.05, 4.69) is 4.98 Å². The van der Waals surface area contributed by atoms with Gasteiger partial charge in [-0.1, -0.05) is 0 Å². The van der Waals surface area contributed by atoms with Crippen molar-refractivity contribution in [2.24, 2.45) is 5.73 Å². The van der Waals surface area contributed by atoms with E-state index in [0.717, 1.165) is 18.2 Å². The number of rotatable bonds is 2. The molecule has 3 aromatic rings. The van der Waals surface area contributed by atoms with E-state index >= 15 is 0 Å². The van der Waals surface area contributed by atoms with Crippen LogP contribution in [0.25, 0.3) is 16.7 Å². The van der Waals surface area contributed by atoms with Gasteiger partial charge in [0.25, 0.3) is 0 Å². The highest BCUT2D eigenvalue weighted by Crippen LogP contribution is 2.27. The third-order valence-corrected chi connectivity index (χ3v) is 3.22. The van der Waals surface area contributed by atoms with Crippen molar-refractivity contribution in [3.8, 4) is 5.69 Å². The van der Waals surface area contributed by atoms with Gasteiger partial charge in [0.15, 0.2) is 5.82 Å². The van der Waals surface area contributed by atoms with Crippen LogP contribution in [0.5, 0.6) is 0 Å². The first-order chi connectivity index (χ1) is 10.4. The Morgan fingerprint density at radius 2 is 1.55 bits per heavy atom. The van der Waals surface area contributed by atoms with Crippen molar-refractivity contribution in [1.29, 1.82) is 0 Å². The normalized spacial score (nSPS) is 12.8. The molecule has 0 aliphatic carbocycles. The van der Waals surface area contributed by atoms with Gasteiger partial charge in [0.05, 0.1) is 17.2 Å². The lowest BCUT2D eigenvalue weighted by Crippen LogP contribution is -2.12. The van der Waals surface area contributed by atoms with Crippen molar-refractivity contribution in [2.75, 3.05) is 0 Å². The monoisotopic (exact) mass is 309 g/mol. The largest absolute Gasteiger partial charge is 0.322 e. The molecule has 22 heavy (non-hydrogen) atoms. The fraction of sp³-hybridized carbons (Fsp3) is 0.133. The third-order valence-electron chi connectivity index (χ3n) is 3.22. The van der Waals surface area contributed by atoms with Gasteiger partial charge in [0, 0.05) is 18.2 Å². The zero-order valence-corrected chi connectivity index (χ0v) is 11.4. The van der Waals surface area contributed by atoms with Crippen LogP contribution in [-0.2, 0) is 0 Å². The molecule has 0 amide bonds. The van der Waals surface area contributed by atoms with E-state index < -0.39 is 29.3 Å². The SMILES string of the molecule is CC(N)c1nc2c(F)cc(F)cc2n1-c1cc(F)cc(F)c1. The zero-order valence-electron chi connectivity index (χ0n) is 11.4. The number of halogens is 4. The van der Waals surface area contributed by atoms with E-state index in [0.29, 0.717) is 12.1 Å². The second-order valence-electron chi connectivity index (χ2n) is 4.98. The van der Waals surface area contributed by atoms with Crippen molar-refractivity contribution < 1.29 is 17.6 Å². The number of aromatic nitrogens is 2. The van der Waals surface area contributed by atoms with Gasteiger partial charge in [-0.3, -0.25) is 4.57 Å². The topological polar surface area (TPSA) is 43.8 Å². The zero-order chi connectivity index (χ0) is 16.0. The number of fused-ring (bicyclic) bond motifs is 1. The van der Waals surface area contributed by atoms with Crippen LogP contribution in [0.1, 0.15) is 18.8 Å². The van der Waals surface area contributed by atoms with Crippen molar-refractivity contribution in [3.63, 3.8) is 0 Å². The Morgan fingerprint density at radius 1 is 0.955 bits per heavy atom. The number of hydrogen-bond acceptors (Lipinski definition) is 2. The van der Waals surface area contributed by atoms with Crippen LogP contribution in [0.3, 0.4) is 0 Å². The number of imidazole rings is 1. The molecule has 0 bridgehead atoms. The van der Waals surface area contributed by atoms with Crippen LogP contribution in [0.2, 0.25) is 0 Å². The number of nitrogens with two attached hydrogens (primary N) is 1. The van der Waals surface area contributed by atoms with Gasteiger partial charge < -0.3 is 5.73 Å². The van der Waals surface area contributed by atoms with Gasteiger partial charge in [-0.25, -0.2) is 22.5 Å². The van der Waals surface area contributed by atoms with Crippen LogP contribution in [0, 0.1) is 23.3 Å². The van der Waals surface area contributed by atoms with E-state index in [4.69, 9.17) is 5.73 Å². The highest BCUT2D eigenvalue weighted by molar-refractivity contribution is 5.79. The first-order valence-electron chi connectivity index (χ1n) is 6.46. The summed E-state index contributed by atoms with van der Waals surface area (Å²) >= 11 is 0. The molecule has 2 N–H and O–H groups in total. The summed E-state index contributed by atoms with van der Waals surface area (Å²) in [6, 6.07) is 3.87. The highest BCUT2D eigenvalue weighted by atomic mass is 19.1. The molecule has 0 aliphatic rings. The molecule has 3 nitrogen and oxygen atoms in total. The van der Waals surface area contributed by atoms with Crippen molar-refractivity contribution in [2.45, 2.75) is 13.0 Å². The van der Waals surface area contributed by atoms with Gasteiger partial charge in [0.1, 0.15) is 28.8 Å². The summed E-state index contributed by atoms with van der Waals surface area (Å²) in [5, 5.41) is 0. The fourth-order valence-corrected chi connectivity index (χ4v) is 2.37. The van der Waals surface area contributed by atoms with E-state index in [1.54, 1.807) is 6.92 Å². The van der Waals surface area contributed by atoms with Gasteiger partial charge >= 0.3 is 0 Å². The maximum absolute atomic E-state index is 13.9. The van der Waals surface area contributed by atoms with E-state index in [9.17, 15) is 17.6 Å². The summed E-state index contributed by atoms with van der Waals surface area (Å²) < 4.78 is 55.5. The van der Waals surface area contributed by atoms with Crippen LogP contribution in [0.15, 0.2) is 30.3 Å². The molecule has 1 unspecified atom stereocenters. The summed E-state index contributed by atoms with van der Waals surface area (Å²) in [6.45, 7) is 1.58. The average Bonchev–Trinajstić information content (AvgIpc) is 2.77.